The Labute approximate surface area is 156 Å². The van der Waals surface area contributed by atoms with Gasteiger partial charge in [0.2, 0.25) is 0 Å². The number of benzene rings is 1. The number of non-ortho nitro benzene ring substituents is 1. The number of rotatable bonds is 8. The van der Waals surface area contributed by atoms with Gasteiger partial charge in [0.1, 0.15) is 23.9 Å². The van der Waals surface area contributed by atoms with E-state index in [1.165, 1.54) is 38.1 Å². The molecule has 0 aliphatic carbocycles. The minimum atomic E-state index is -1.02. The van der Waals surface area contributed by atoms with Crippen LogP contribution in [0.25, 0.3) is 0 Å². The van der Waals surface area contributed by atoms with E-state index in [2.05, 4.69) is 4.74 Å². The molecule has 27 heavy (non-hydrogen) atoms. The number of carbonyl (C=O) groups excluding carboxylic acids is 4. The maximum absolute atomic E-state index is 11.6. The number of Topliss-reactive ketones (excluding diaryl/α,β-unsaturated/α-hetero) is 2. The van der Waals surface area contributed by atoms with Crippen molar-refractivity contribution in [1.29, 1.82) is 0 Å². The predicted octanol–water partition coefficient (Wildman–Crippen LogP) is 2.36. The van der Waals surface area contributed by atoms with E-state index in [4.69, 9.17) is 4.74 Å². The van der Waals surface area contributed by atoms with Gasteiger partial charge in [-0.3, -0.25) is 29.3 Å². The van der Waals surface area contributed by atoms with E-state index in [1.807, 2.05) is 0 Å². The lowest BCUT2D eigenvalue weighted by molar-refractivity contribution is -0.384. The molecule has 148 valence electrons. The topological polar surface area (TPSA) is 130 Å². The molecule has 0 saturated carbocycles. The van der Waals surface area contributed by atoms with Gasteiger partial charge in [0, 0.05) is 12.1 Å². The van der Waals surface area contributed by atoms with Crippen molar-refractivity contribution in [2.24, 2.45) is 0 Å². The van der Waals surface area contributed by atoms with Crippen LogP contribution in [0, 0.1) is 10.1 Å². The highest BCUT2D eigenvalue weighted by atomic mass is 16.6. The SMILES string of the molecule is CCOC(=O)C(C(C)=O)c1ccc([N+](=O)[O-])cc1.CCOC(=O)CC(C)=O. The first kappa shape index (κ1) is 23.9. The summed E-state index contributed by atoms with van der Waals surface area (Å²) in [4.78, 5) is 53.7. The average Bonchev–Trinajstić information content (AvgIpc) is 2.55. The van der Waals surface area contributed by atoms with E-state index in [1.54, 1.807) is 13.8 Å². The summed E-state index contributed by atoms with van der Waals surface area (Å²) < 4.78 is 9.30. The van der Waals surface area contributed by atoms with Crippen LogP contribution >= 0.6 is 0 Å². The largest absolute Gasteiger partial charge is 0.466 e. The minimum Gasteiger partial charge on any atom is -0.466 e. The number of ether oxygens (including phenoxy) is 2. The van der Waals surface area contributed by atoms with Gasteiger partial charge in [0.05, 0.1) is 18.1 Å². The molecule has 0 aliphatic heterocycles. The molecule has 1 aromatic rings. The molecule has 1 rings (SSSR count). The summed E-state index contributed by atoms with van der Waals surface area (Å²) in [5, 5.41) is 10.5. The number of nitro benzene ring substituents is 1. The zero-order valence-electron chi connectivity index (χ0n) is 15.7. The highest BCUT2D eigenvalue weighted by Gasteiger charge is 2.27. The van der Waals surface area contributed by atoms with Crippen molar-refractivity contribution in [1.82, 2.24) is 0 Å². The van der Waals surface area contributed by atoms with Crippen molar-refractivity contribution in [2.45, 2.75) is 40.0 Å². The smallest absolute Gasteiger partial charge is 0.320 e. The Balaban J connectivity index is 0.000000636. The number of nitrogens with zero attached hydrogens (tertiary/aromatic N) is 1. The third-order valence-electron chi connectivity index (χ3n) is 3.06. The molecule has 0 heterocycles. The van der Waals surface area contributed by atoms with Gasteiger partial charge in [0.25, 0.3) is 5.69 Å². The molecule has 9 nitrogen and oxygen atoms in total. The summed E-state index contributed by atoms with van der Waals surface area (Å²) in [6, 6.07) is 5.29. The first-order valence-electron chi connectivity index (χ1n) is 8.20. The first-order valence-corrected chi connectivity index (χ1v) is 8.20. The minimum absolute atomic E-state index is 0.0927. The lowest BCUT2D eigenvalue weighted by Gasteiger charge is -2.12. The molecular formula is C18H23NO8. The summed E-state index contributed by atoms with van der Waals surface area (Å²) in [7, 11) is 0. The van der Waals surface area contributed by atoms with Gasteiger partial charge in [-0.25, -0.2) is 0 Å². The summed E-state index contributed by atoms with van der Waals surface area (Å²) >= 11 is 0. The molecule has 0 N–H and O–H groups in total. The number of esters is 2. The van der Waals surface area contributed by atoms with Crippen LogP contribution in [-0.4, -0.2) is 41.6 Å². The lowest BCUT2D eigenvalue weighted by Crippen LogP contribution is -2.22. The van der Waals surface area contributed by atoms with Crippen LogP contribution in [0.3, 0.4) is 0 Å². The molecule has 0 amide bonds. The third-order valence-corrected chi connectivity index (χ3v) is 3.06. The monoisotopic (exact) mass is 381 g/mol. The van der Waals surface area contributed by atoms with Crippen LogP contribution < -0.4 is 0 Å². The fourth-order valence-corrected chi connectivity index (χ4v) is 1.97. The van der Waals surface area contributed by atoms with Crippen LogP contribution in [0.4, 0.5) is 5.69 Å². The van der Waals surface area contributed by atoms with E-state index >= 15 is 0 Å². The molecule has 9 heteroatoms. The first-order chi connectivity index (χ1) is 12.6. The Morgan fingerprint density at radius 1 is 1.00 bits per heavy atom. The van der Waals surface area contributed by atoms with Crippen LogP contribution in [0.5, 0.6) is 0 Å². The molecule has 0 aliphatic rings. The molecular weight excluding hydrogens is 358 g/mol. The Bertz CT molecular complexity index is 681. The van der Waals surface area contributed by atoms with E-state index in [9.17, 15) is 29.3 Å². The van der Waals surface area contributed by atoms with E-state index in [0.29, 0.717) is 12.2 Å². The molecule has 0 fully saturated rings. The summed E-state index contributed by atoms with van der Waals surface area (Å²) in [6.45, 7) is 6.50. The molecule has 1 atom stereocenters. The van der Waals surface area contributed by atoms with Crippen molar-refractivity contribution < 1.29 is 33.6 Å². The van der Waals surface area contributed by atoms with Crippen molar-refractivity contribution in [3.63, 3.8) is 0 Å². The Morgan fingerprint density at radius 3 is 1.89 bits per heavy atom. The summed E-state index contributed by atoms with van der Waals surface area (Å²) in [5.74, 6) is -2.62. The van der Waals surface area contributed by atoms with Crippen molar-refractivity contribution in [3.05, 3.63) is 39.9 Å². The van der Waals surface area contributed by atoms with Crippen LogP contribution in [-0.2, 0) is 28.7 Å². The fraction of sp³-hybridized carbons (Fsp3) is 0.444. The van der Waals surface area contributed by atoms with Gasteiger partial charge in [-0.15, -0.1) is 0 Å². The number of ketones is 2. The van der Waals surface area contributed by atoms with E-state index in [0.717, 1.165) is 0 Å². The van der Waals surface area contributed by atoms with Gasteiger partial charge >= 0.3 is 11.9 Å². The number of nitro groups is 1. The molecule has 0 radical (unpaired) electrons. The normalized spacial score (nSPS) is 10.7. The zero-order chi connectivity index (χ0) is 21.0. The molecule has 1 unspecified atom stereocenters. The van der Waals surface area contributed by atoms with Gasteiger partial charge in [-0.1, -0.05) is 12.1 Å². The zero-order valence-corrected chi connectivity index (χ0v) is 15.7. The Hall–Kier alpha value is -3.10. The van der Waals surface area contributed by atoms with Crippen LogP contribution in [0.15, 0.2) is 24.3 Å². The lowest BCUT2D eigenvalue weighted by atomic mass is 9.95. The number of carbonyl (C=O) groups is 4. The molecule has 1 aromatic carbocycles. The Morgan fingerprint density at radius 2 is 1.52 bits per heavy atom. The number of hydrogen-bond donors (Lipinski definition) is 0. The number of hydrogen-bond acceptors (Lipinski definition) is 8. The molecule has 0 saturated heterocycles. The Kier molecular flexibility index (Phi) is 10.9. The second-order valence-electron chi connectivity index (χ2n) is 5.33. The predicted molar refractivity (Wildman–Crippen MR) is 95.1 cm³/mol. The molecule has 0 aromatic heterocycles. The van der Waals surface area contributed by atoms with Gasteiger partial charge in [0.15, 0.2) is 0 Å². The average molecular weight is 381 g/mol. The fourth-order valence-electron chi connectivity index (χ4n) is 1.97. The maximum atomic E-state index is 11.6. The van der Waals surface area contributed by atoms with Gasteiger partial charge in [-0.05, 0) is 33.3 Å². The van der Waals surface area contributed by atoms with E-state index < -0.39 is 22.8 Å². The quantitative estimate of drug-likeness (QED) is 0.290. The highest BCUT2D eigenvalue weighted by molar-refractivity contribution is 6.03. The molecule has 0 spiro atoms. The van der Waals surface area contributed by atoms with Gasteiger partial charge in [-0.2, -0.15) is 0 Å². The van der Waals surface area contributed by atoms with E-state index in [-0.39, 0.29) is 30.3 Å². The second-order valence-corrected chi connectivity index (χ2v) is 5.33. The molecule has 0 bridgehead atoms. The van der Waals surface area contributed by atoms with Gasteiger partial charge < -0.3 is 9.47 Å². The van der Waals surface area contributed by atoms with Crippen LogP contribution in [0.2, 0.25) is 0 Å². The third kappa shape index (κ3) is 9.24. The van der Waals surface area contributed by atoms with Crippen molar-refractivity contribution in [2.75, 3.05) is 13.2 Å². The summed E-state index contributed by atoms with van der Waals surface area (Å²) in [6.07, 6.45) is -0.103. The highest BCUT2D eigenvalue weighted by Crippen LogP contribution is 2.21. The van der Waals surface area contributed by atoms with Crippen molar-refractivity contribution in [3.8, 4) is 0 Å². The van der Waals surface area contributed by atoms with Crippen molar-refractivity contribution >= 4 is 29.2 Å². The standard InChI is InChI=1S/C12H13NO5.C6H10O3/c1-3-18-12(15)11(8(2)14)9-4-6-10(7-5-9)13(16)17;1-3-9-6(8)4-5(2)7/h4-7,11H,3H2,1-2H3;3-4H2,1-2H3. The van der Waals surface area contributed by atoms with Crippen LogP contribution in [0.1, 0.15) is 45.6 Å². The summed E-state index contributed by atoms with van der Waals surface area (Å²) in [5.41, 5.74) is 0.302. The maximum Gasteiger partial charge on any atom is 0.320 e. The second kappa shape index (κ2) is 12.3.